The number of likely N-dealkylation sites (N-methyl/N-ethyl adjacent to an activating group) is 1. The highest BCUT2D eigenvalue weighted by atomic mass is 35.5. The van der Waals surface area contributed by atoms with Crippen LogP contribution in [0.15, 0.2) is 0 Å². The highest BCUT2D eigenvalue weighted by Crippen LogP contribution is 2.24. The lowest BCUT2D eigenvalue weighted by Crippen LogP contribution is -2.29. The molecule has 0 fully saturated rings. The van der Waals surface area contributed by atoms with Gasteiger partial charge in [-0.25, -0.2) is 9.67 Å². The molecule has 0 saturated carbocycles. The molecule has 0 spiro atoms. The van der Waals surface area contributed by atoms with Crippen LogP contribution >= 0.6 is 11.6 Å². The van der Waals surface area contributed by atoms with Crippen LogP contribution < -0.4 is 5.32 Å². The third kappa shape index (κ3) is 2.10. The van der Waals surface area contributed by atoms with E-state index in [0.717, 1.165) is 23.4 Å². The van der Waals surface area contributed by atoms with E-state index in [0.29, 0.717) is 5.82 Å². The van der Waals surface area contributed by atoms with Gasteiger partial charge in [-0.15, -0.1) is 11.6 Å². The zero-order chi connectivity index (χ0) is 14.2. The molecule has 0 aliphatic rings. The van der Waals surface area contributed by atoms with Gasteiger partial charge in [0.25, 0.3) is 0 Å². The number of alkyl halides is 1. The minimum Gasteiger partial charge on any atom is -0.357 e. The van der Waals surface area contributed by atoms with Gasteiger partial charge in [-0.05, 0) is 20.8 Å². The fraction of sp³-hybridized carbons (Fsp3) is 0.583. The number of carbonyl (C=O) groups excluding carboxylic acids is 1. The molecule has 0 aromatic carbocycles. The molecule has 7 heteroatoms. The molecular formula is C12H18ClN5O. The quantitative estimate of drug-likeness (QED) is 0.867. The molecule has 2 heterocycles. The molecule has 0 aliphatic carbocycles. The summed E-state index contributed by atoms with van der Waals surface area (Å²) in [4.78, 5) is 16.4. The largest absolute Gasteiger partial charge is 0.357 e. The molecule has 2 aromatic rings. The van der Waals surface area contributed by atoms with E-state index in [9.17, 15) is 4.79 Å². The number of aryl methyl sites for hydroxylation is 2. The van der Waals surface area contributed by atoms with Gasteiger partial charge in [0.15, 0.2) is 5.65 Å². The maximum Gasteiger partial charge on any atom is 0.242 e. The Kier molecular flexibility index (Phi) is 3.80. The Balaban J connectivity index is 2.72. The maximum atomic E-state index is 11.9. The number of hydrogen-bond acceptors (Lipinski definition) is 3. The summed E-state index contributed by atoms with van der Waals surface area (Å²) < 4.78 is 3.72. The van der Waals surface area contributed by atoms with Crippen LogP contribution in [0.1, 0.15) is 31.4 Å². The van der Waals surface area contributed by atoms with Gasteiger partial charge in [-0.1, -0.05) is 0 Å². The molecule has 19 heavy (non-hydrogen) atoms. The van der Waals surface area contributed by atoms with Crippen LogP contribution in [0.5, 0.6) is 0 Å². The predicted molar refractivity (Wildman–Crippen MR) is 74.3 cm³/mol. The molecule has 1 atom stereocenters. The summed E-state index contributed by atoms with van der Waals surface area (Å²) in [5.41, 5.74) is 2.52. The van der Waals surface area contributed by atoms with Gasteiger partial charge in [0.2, 0.25) is 5.91 Å². The third-order valence-electron chi connectivity index (χ3n) is 3.25. The number of fused-ring (bicyclic) bond motifs is 1. The molecule has 6 nitrogen and oxygen atoms in total. The monoisotopic (exact) mass is 283 g/mol. The van der Waals surface area contributed by atoms with Crippen molar-refractivity contribution in [3.63, 3.8) is 0 Å². The Morgan fingerprint density at radius 3 is 2.74 bits per heavy atom. The van der Waals surface area contributed by atoms with E-state index in [1.165, 1.54) is 0 Å². The molecular weight excluding hydrogens is 266 g/mol. The van der Waals surface area contributed by atoms with Gasteiger partial charge in [-0.2, -0.15) is 5.10 Å². The molecule has 104 valence electrons. The first kappa shape index (κ1) is 13.9. The summed E-state index contributed by atoms with van der Waals surface area (Å²) in [7, 11) is 1.62. The molecule has 1 N–H and O–H groups in total. The van der Waals surface area contributed by atoms with E-state index < -0.39 is 0 Å². The summed E-state index contributed by atoms with van der Waals surface area (Å²) >= 11 is 5.96. The summed E-state index contributed by atoms with van der Waals surface area (Å²) in [5.74, 6) is 0.877. The maximum absolute atomic E-state index is 11.9. The summed E-state index contributed by atoms with van der Waals surface area (Å²) in [6.45, 7) is 6.47. The van der Waals surface area contributed by atoms with E-state index in [1.807, 2.05) is 30.0 Å². The van der Waals surface area contributed by atoms with Crippen molar-refractivity contribution in [2.45, 2.75) is 39.2 Å². The Labute approximate surface area is 116 Å². The standard InChI is InChI=1S/C12H18ClN5O/c1-5-17-12-10(7(2)16-17)15-9(6-13)18(12)8(3)11(19)14-4/h8H,5-6H2,1-4H3,(H,14,19). The lowest BCUT2D eigenvalue weighted by molar-refractivity contribution is -0.123. The first-order valence-electron chi connectivity index (χ1n) is 6.26. The van der Waals surface area contributed by atoms with Gasteiger partial charge in [0, 0.05) is 13.6 Å². The lowest BCUT2D eigenvalue weighted by Gasteiger charge is -2.15. The van der Waals surface area contributed by atoms with Crippen LogP contribution in [0, 0.1) is 6.92 Å². The van der Waals surface area contributed by atoms with E-state index in [4.69, 9.17) is 11.6 Å². The number of nitrogens with zero attached hydrogens (tertiary/aromatic N) is 4. The highest BCUT2D eigenvalue weighted by molar-refractivity contribution is 6.16. The number of carbonyl (C=O) groups is 1. The van der Waals surface area contributed by atoms with Crippen LogP contribution in [0.4, 0.5) is 0 Å². The molecule has 2 aromatic heterocycles. The molecule has 1 amide bonds. The smallest absolute Gasteiger partial charge is 0.242 e. The average molecular weight is 284 g/mol. The van der Waals surface area contributed by atoms with Gasteiger partial charge in [-0.3, -0.25) is 9.36 Å². The summed E-state index contributed by atoms with van der Waals surface area (Å²) in [6.07, 6.45) is 0. The lowest BCUT2D eigenvalue weighted by atomic mass is 10.3. The summed E-state index contributed by atoms with van der Waals surface area (Å²) in [6, 6.07) is -0.370. The molecule has 0 saturated heterocycles. The molecule has 0 radical (unpaired) electrons. The number of nitrogens with one attached hydrogen (secondary N) is 1. The SMILES string of the molecule is CCn1nc(C)c2nc(CCl)n(C(C)C(=O)NC)c21. The topological polar surface area (TPSA) is 64.7 Å². The van der Waals surface area contributed by atoms with E-state index in [1.54, 1.807) is 7.05 Å². The second kappa shape index (κ2) is 5.21. The fourth-order valence-corrected chi connectivity index (χ4v) is 2.47. The number of aromatic nitrogens is 4. The molecule has 2 rings (SSSR count). The highest BCUT2D eigenvalue weighted by Gasteiger charge is 2.24. The third-order valence-corrected chi connectivity index (χ3v) is 3.49. The number of imidazole rings is 1. The van der Waals surface area contributed by atoms with Crippen LogP contribution in [-0.2, 0) is 17.2 Å². The van der Waals surface area contributed by atoms with Crippen molar-refractivity contribution in [1.82, 2.24) is 24.6 Å². The van der Waals surface area contributed by atoms with Crippen molar-refractivity contribution < 1.29 is 4.79 Å². The zero-order valence-electron chi connectivity index (χ0n) is 11.6. The molecule has 0 bridgehead atoms. The second-order valence-corrected chi connectivity index (χ2v) is 4.66. The van der Waals surface area contributed by atoms with Crippen molar-refractivity contribution in [2.75, 3.05) is 7.05 Å². The molecule has 1 unspecified atom stereocenters. The predicted octanol–water partition coefficient (Wildman–Crippen LogP) is 1.61. The Morgan fingerprint density at radius 2 is 2.21 bits per heavy atom. The minimum absolute atomic E-state index is 0.0767. The summed E-state index contributed by atoms with van der Waals surface area (Å²) in [5, 5.41) is 7.08. The number of hydrogen-bond donors (Lipinski definition) is 1. The van der Waals surface area contributed by atoms with E-state index >= 15 is 0 Å². The fourth-order valence-electron chi connectivity index (χ4n) is 2.28. The number of amides is 1. The number of rotatable bonds is 4. The van der Waals surface area contributed by atoms with Crippen molar-refractivity contribution in [3.8, 4) is 0 Å². The van der Waals surface area contributed by atoms with Crippen molar-refractivity contribution in [2.24, 2.45) is 0 Å². The van der Waals surface area contributed by atoms with Crippen LogP contribution in [0.2, 0.25) is 0 Å². The minimum atomic E-state index is -0.370. The van der Waals surface area contributed by atoms with Crippen molar-refractivity contribution in [3.05, 3.63) is 11.5 Å². The zero-order valence-corrected chi connectivity index (χ0v) is 12.3. The van der Waals surface area contributed by atoms with Crippen molar-refractivity contribution in [1.29, 1.82) is 0 Å². The van der Waals surface area contributed by atoms with Crippen LogP contribution in [0.25, 0.3) is 11.2 Å². The Hall–Kier alpha value is -1.56. The Morgan fingerprint density at radius 1 is 1.53 bits per heavy atom. The Bertz CT molecular complexity index is 615. The van der Waals surface area contributed by atoms with Gasteiger partial charge < -0.3 is 5.32 Å². The van der Waals surface area contributed by atoms with Gasteiger partial charge >= 0.3 is 0 Å². The first-order valence-corrected chi connectivity index (χ1v) is 6.80. The van der Waals surface area contributed by atoms with Gasteiger partial charge in [0.05, 0.1) is 11.6 Å². The molecule has 0 aliphatic heterocycles. The normalized spacial score (nSPS) is 12.9. The first-order chi connectivity index (χ1) is 9.04. The van der Waals surface area contributed by atoms with Crippen LogP contribution in [0.3, 0.4) is 0 Å². The van der Waals surface area contributed by atoms with Crippen LogP contribution in [-0.4, -0.2) is 32.3 Å². The van der Waals surface area contributed by atoms with Crippen molar-refractivity contribution >= 4 is 28.7 Å². The van der Waals surface area contributed by atoms with E-state index in [2.05, 4.69) is 15.4 Å². The average Bonchev–Trinajstić information content (AvgIpc) is 2.94. The van der Waals surface area contributed by atoms with Gasteiger partial charge in [0.1, 0.15) is 17.4 Å². The second-order valence-electron chi connectivity index (χ2n) is 4.40. The number of halogens is 1. The van der Waals surface area contributed by atoms with E-state index in [-0.39, 0.29) is 17.8 Å².